The van der Waals surface area contributed by atoms with Crippen LogP contribution in [0.25, 0.3) is 10.9 Å². The van der Waals surface area contributed by atoms with E-state index in [0.29, 0.717) is 12.2 Å². The average molecular weight is 270 g/mol. The van der Waals surface area contributed by atoms with E-state index in [-0.39, 0.29) is 11.9 Å². The summed E-state index contributed by atoms with van der Waals surface area (Å²) in [6.07, 6.45) is 2.53. The number of pyridine rings is 1. The van der Waals surface area contributed by atoms with Gasteiger partial charge in [-0.1, -0.05) is 19.1 Å². The van der Waals surface area contributed by atoms with Crippen LogP contribution < -0.4 is 16.0 Å². The van der Waals surface area contributed by atoms with Crippen LogP contribution in [0.5, 0.6) is 0 Å². The first-order chi connectivity index (χ1) is 9.72. The zero-order chi connectivity index (χ0) is 14.1. The number of nitrogen functional groups attached to an aromatic ring is 1. The first-order valence-electron chi connectivity index (χ1n) is 6.90. The third-order valence-electron chi connectivity index (χ3n) is 3.81. The Morgan fingerprint density at radius 2 is 2.30 bits per heavy atom. The Kier molecular flexibility index (Phi) is 3.18. The smallest absolute Gasteiger partial charge is 0.242 e. The number of carbonyl (C=O) groups excluding carboxylic acids is 1. The standard InChI is InChI=1S/C15H18N4O/c1-2-12-15(20)18-8-9-19(12)13-6-7-17-14-10(13)4-3-5-11(14)16/h3-7,12H,2,8-9,16H2,1H3,(H,18,20). The van der Waals surface area contributed by atoms with Crippen LogP contribution in [0, 0.1) is 0 Å². The highest BCUT2D eigenvalue weighted by Gasteiger charge is 2.29. The number of piperazine rings is 1. The summed E-state index contributed by atoms with van der Waals surface area (Å²) in [4.78, 5) is 18.5. The number of benzene rings is 1. The molecular weight excluding hydrogens is 252 g/mol. The quantitative estimate of drug-likeness (QED) is 0.812. The average Bonchev–Trinajstić information content (AvgIpc) is 2.47. The highest BCUT2D eigenvalue weighted by molar-refractivity contribution is 5.99. The number of nitrogens with one attached hydrogen (secondary N) is 1. The first-order valence-corrected chi connectivity index (χ1v) is 6.90. The van der Waals surface area contributed by atoms with Gasteiger partial charge in [0.25, 0.3) is 0 Å². The maximum absolute atomic E-state index is 12.0. The fourth-order valence-electron chi connectivity index (χ4n) is 2.84. The number of amides is 1. The molecule has 0 radical (unpaired) electrons. The van der Waals surface area contributed by atoms with Gasteiger partial charge < -0.3 is 16.0 Å². The summed E-state index contributed by atoms with van der Waals surface area (Å²) in [5.74, 6) is 0.0904. The number of hydrogen-bond acceptors (Lipinski definition) is 4. The van der Waals surface area contributed by atoms with Gasteiger partial charge in [-0.05, 0) is 18.6 Å². The SMILES string of the molecule is CCC1C(=O)NCCN1c1ccnc2c(N)cccc12. The number of nitrogens with zero attached hydrogens (tertiary/aromatic N) is 2. The van der Waals surface area contributed by atoms with Crippen molar-refractivity contribution in [3.8, 4) is 0 Å². The van der Waals surface area contributed by atoms with Crippen molar-refractivity contribution in [2.24, 2.45) is 0 Å². The molecule has 2 heterocycles. The molecule has 1 unspecified atom stereocenters. The van der Waals surface area contributed by atoms with Gasteiger partial charge in [-0.3, -0.25) is 9.78 Å². The summed E-state index contributed by atoms with van der Waals surface area (Å²) in [5.41, 5.74) is 8.48. The van der Waals surface area contributed by atoms with Crippen molar-refractivity contribution in [3.05, 3.63) is 30.5 Å². The van der Waals surface area contributed by atoms with Crippen molar-refractivity contribution in [1.29, 1.82) is 0 Å². The van der Waals surface area contributed by atoms with Crippen molar-refractivity contribution in [3.63, 3.8) is 0 Å². The second-order valence-corrected chi connectivity index (χ2v) is 4.98. The van der Waals surface area contributed by atoms with E-state index in [1.807, 2.05) is 31.2 Å². The van der Waals surface area contributed by atoms with Crippen LogP contribution in [0.2, 0.25) is 0 Å². The van der Waals surface area contributed by atoms with Crippen LogP contribution in [0.15, 0.2) is 30.5 Å². The van der Waals surface area contributed by atoms with Crippen LogP contribution >= 0.6 is 0 Å². The van der Waals surface area contributed by atoms with Gasteiger partial charge >= 0.3 is 0 Å². The van der Waals surface area contributed by atoms with Gasteiger partial charge in [0.15, 0.2) is 0 Å². The first kappa shape index (κ1) is 12.7. The maximum Gasteiger partial charge on any atom is 0.242 e. The third kappa shape index (κ3) is 1.95. The van der Waals surface area contributed by atoms with Crippen molar-refractivity contribution in [2.75, 3.05) is 23.7 Å². The highest BCUT2D eigenvalue weighted by Crippen LogP contribution is 2.30. The number of fused-ring (bicyclic) bond motifs is 1. The van der Waals surface area contributed by atoms with Crippen molar-refractivity contribution in [2.45, 2.75) is 19.4 Å². The molecule has 3 N–H and O–H groups in total. The number of aromatic nitrogens is 1. The molecule has 1 aromatic heterocycles. The van der Waals surface area contributed by atoms with Gasteiger partial charge in [0.1, 0.15) is 6.04 Å². The number of para-hydroxylation sites is 1. The van der Waals surface area contributed by atoms with Gasteiger partial charge in [0.2, 0.25) is 5.91 Å². The second kappa shape index (κ2) is 5.00. The van der Waals surface area contributed by atoms with Crippen molar-refractivity contribution >= 4 is 28.2 Å². The molecule has 0 bridgehead atoms. The molecule has 1 saturated heterocycles. The number of carbonyl (C=O) groups is 1. The minimum atomic E-state index is -0.129. The molecule has 20 heavy (non-hydrogen) atoms. The second-order valence-electron chi connectivity index (χ2n) is 4.98. The van der Waals surface area contributed by atoms with Gasteiger partial charge in [-0.2, -0.15) is 0 Å². The van der Waals surface area contributed by atoms with E-state index >= 15 is 0 Å². The fourth-order valence-corrected chi connectivity index (χ4v) is 2.84. The minimum Gasteiger partial charge on any atom is -0.397 e. The van der Waals surface area contributed by atoms with E-state index in [1.165, 1.54) is 0 Å². The molecule has 1 atom stereocenters. The molecule has 0 saturated carbocycles. The Morgan fingerprint density at radius 1 is 1.45 bits per heavy atom. The van der Waals surface area contributed by atoms with Crippen LogP contribution in [0.1, 0.15) is 13.3 Å². The normalized spacial score (nSPS) is 19.1. The molecule has 5 heteroatoms. The third-order valence-corrected chi connectivity index (χ3v) is 3.81. The Morgan fingerprint density at radius 3 is 3.10 bits per heavy atom. The molecule has 0 spiro atoms. The van der Waals surface area contributed by atoms with Crippen molar-refractivity contribution in [1.82, 2.24) is 10.3 Å². The number of anilines is 2. The van der Waals surface area contributed by atoms with E-state index < -0.39 is 0 Å². The Labute approximate surface area is 117 Å². The van der Waals surface area contributed by atoms with E-state index in [1.54, 1.807) is 6.20 Å². The van der Waals surface area contributed by atoms with Gasteiger partial charge in [0.05, 0.1) is 11.2 Å². The van der Waals surface area contributed by atoms with E-state index in [4.69, 9.17) is 5.73 Å². The Balaban J connectivity index is 2.14. The molecule has 1 aliphatic heterocycles. The highest BCUT2D eigenvalue weighted by atomic mass is 16.2. The predicted molar refractivity (Wildman–Crippen MR) is 80.6 cm³/mol. The lowest BCUT2D eigenvalue weighted by molar-refractivity contribution is -0.123. The van der Waals surface area contributed by atoms with E-state index in [2.05, 4.69) is 15.2 Å². The lowest BCUT2D eigenvalue weighted by atomic mass is 10.1. The molecule has 1 fully saturated rings. The van der Waals surface area contributed by atoms with Crippen LogP contribution in [0.3, 0.4) is 0 Å². The number of hydrogen-bond donors (Lipinski definition) is 2. The predicted octanol–water partition coefficient (Wildman–Crippen LogP) is 1.53. The topological polar surface area (TPSA) is 71.2 Å². The summed E-state index contributed by atoms with van der Waals surface area (Å²) in [7, 11) is 0. The summed E-state index contributed by atoms with van der Waals surface area (Å²) in [6.45, 7) is 3.50. The van der Waals surface area contributed by atoms with Gasteiger partial charge in [0, 0.05) is 30.4 Å². The maximum atomic E-state index is 12.0. The minimum absolute atomic E-state index is 0.0904. The van der Waals surface area contributed by atoms with Gasteiger partial charge in [-0.25, -0.2) is 0 Å². The van der Waals surface area contributed by atoms with E-state index in [0.717, 1.165) is 29.6 Å². The zero-order valence-electron chi connectivity index (χ0n) is 11.5. The summed E-state index contributed by atoms with van der Waals surface area (Å²) in [6, 6.07) is 7.61. The molecule has 104 valence electrons. The van der Waals surface area contributed by atoms with Crippen LogP contribution in [-0.2, 0) is 4.79 Å². The number of nitrogens with two attached hydrogens (primary N) is 1. The number of rotatable bonds is 2. The molecule has 0 aliphatic carbocycles. The molecule has 1 aromatic carbocycles. The Hall–Kier alpha value is -2.30. The molecule has 2 aromatic rings. The van der Waals surface area contributed by atoms with Gasteiger partial charge in [-0.15, -0.1) is 0 Å². The lowest BCUT2D eigenvalue weighted by Gasteiger charge is -2.36. The molecule has 1 aliphatic rings. The monoisotopic (exact) mass is 270 g/mol. The molecule has 5 nitrogen and oxygen atoms in total. The summed E-state index contributed by atoms with van der Waals surface area (Å²) in [5, 5.41) is 3.92. The Bertz CT molecular complexity index is 655. The van der Waals surface area contributed by atoms with Crippen LogP contribution in [0.4, 0.5) is 11.4 Å². The lowest BCUT2D eigenvalue weighted by Crippen LogP contribution is -2.55. The molecular formula is C15H18N4O. The van der Waals surface area contributed by atoms with Crippen molar-refractivity contribution < 1.29 is 4.79 Å². The summed E-state index contributed by atoms with van der Waals surface area (Å²) >= 11 is 0. The largest absolute Gasteiger partial charge is 0.397 e. The van der Waals surface area contributed by atoms with Crippen LogP contribution in [-0.4, -0.2) is 30.0 Å². The zero-order valence-corrected chi connectivity index (χ0v) is 11.5. The van der Waals surface area contributed by atoms with E-state index in [9.17, 15) is 4.79 Å². The summed E-state index contributed by atoms with van der Waals surface area (Å²) < 4.78 is 0. The molecule has 1 amide bonds. The fraction of sp³-hybridized carbons (Fsp3) is 0.333. The molecule has 3 rings (SSSR count).